The fourth-order valence-electron chi connectivity index (χ4n) is 7.61. The van der Waals surface area contributed by atoms with Gasteiger partial charge in [0.1, 0.15) is 0 Å². The predicted molar refractivity (Wildman–Crippen MR) is 82.4 cm³/mol. The Bertz CT molecular complexity index is 379. The van der Waals surface area contributed by atoms with Crippen LogP contribution in [0.25, 0.3) is 0 Å². The van der Waals surface area contributed by atoms with Crippen LogP contribution in [-0.4, -0.2) is 11.2 Å². The van der Waals surface area contributed by atoms with Gasteiger partial charge in [-0.05, 0) is 79.4 Å². The molecule has 5 saturated carbocycles. The molecule has 4 bridgehead atoms. The second kappa shape index (κ2) is 4.24. The zero-order chi connectivity index (χ0) is 14.0. The summed E-state index contributed by atoms with van der Waals surface area (Å²) >= 11 is 0. The van der Waals surface area contributed by atoms with E-state index in [1.807, 2.05) is 0 Å². The fraction of sp³-hybridized carbons (Fsp3) is 1.00. The minimum absolute atomic E-state index is 0.0104. The zero-order valence-electron chi connectivity index (χ0n) is 13.5. The van der Waals surface area contributed by atoms with Crippen LogP contribution < -0.4 is 0 Å². The lowest BCUT2D eigenvalue weighted by molar-refractivity contribution is -0.157. The Labute approximate surface area is 124 Å². The van der Waals surface area contributed by atoms with Gasteiger partial charge in [0, 0.05) is 0 Å². The Kier molecular flexibility index (Phi) is 2.89. The number of aliphatic hydroxyl groups is 1. The highest BCUT2D eigenvalue weighted by Gasteiger charge is 2.60. The summed E-state index contributed by atoms with van der Waals surface area (Å²) in [5, 5.41) is 10.6. The quantitative estimate of drug-likeness (QED) is 0.772. The lowest BCUT2D eigenvalue weighted by atomic mass is 9.39. The molecule has 5 rings (SSSR count). The van der Waals surface area contributed by atoms with Gasteiger partial charge in [-0.15, -0.1) is 0 Å². The lowest BCUT2D eigenvalue weighted by Crippen LogP contribution is -2.55. The van der Waals surface area contributed by atoms with Crippen molar-refractivity contribution in [3.05, 3.63) is 0 Å². The van der Waals surface area contributed by atoms with Gasteiger partial charge in [0.05, 0.1) is 6.10 Å². The predicted octanol–water partition coefficient (Wildman–Crippen LogP) is 4.92. The number of rotatable bonds is 4. The van der Waals surface area contributed by atoms with E-state index >= 15 is 0 Å². The minimum Gasteiger partial charge on any atom is -0.393 e. The highest BCUT2D eigenvalue weighted by Crippen LogP contribution is 2.70. The molecule has 20 heavy (non-hydrogen) atoms. The van der Waals surface area contributed by atoms with Crippen LogP contribution in [0.1, 0.15) is 84.5 Å². The van der Waals surface area contributed by atoms with E-state index in [2.05, 4.69) is 13.8 Å². The van der Waals surface area contributed by atoms with Gasteiger partial charge >= 0.3 is 0 Å². The van der Waals surface area contributed by atoms with E-state index in [-0.39, 0.29) is 6.10 Å². The molecular formula is C19H32O. The van der Waals surface area contributed by atoms with Crippen molar-refractivity contribution in [1.29, 1.82) is 0 Å². The van der Waals surface area contributed by atoms with Crippen molar-refractivity contribution >= 4 is 0 Å². The first-order chi connectivity index (χ1) is 9.38. The Morgan fingerprint density at radius 2 is 1.65 bits per heavy atom. The molecular weight excluding hydrogens is 244 g/mol. The highest BCUT2D eigenvalue weighted by molar-refractivity contribution is 5.10. The molecule has 0 spiro atoms. The fourth-order valence-corrected chi connectivity index (χ4v) is 7.61. The van der Waals surface area contributed by atoms with Crippen molar-refractivity contribution in [2.75, 3.05) is 0 Å². The maximum absolute atomic E-state index is 10.6. The number of hydrogen-bond acceptors (Lipinski definition) is 1. The topological polar surface area (TPSA) is 20.2 Å². The molecule has 0 amide bonds. The molecule has 0 aromatic carbocycles. The van der Waals surface area contributed by atoms with Gasteiger partial charge in [-0.25, -0.2) is 0 Å². The van der Waals surface area contributed by atoms with Gasteiger partial charge in [0.2, 0.25) is 0 Å². The molecule has 0 saturated heterocycles. The van der Waals surface area contributed by atoms with Gasteiger partial charge in [0.15, 0.2) is 0 Å². The van der Waals surface area contributed by atoms with Crippen LogP contribution in [0.3, 0.4) is 0 Å². The van der Waals surface area contributed by atoms with Gasteiger partial charge in [0.25, 0.3) is 0 Å². The maximum atomic E-state index is 10.6. The van der Waals surface area contributed by atoms with E-state index in [4.69, 9.17) is 0 Å². The molecule has 0 aliphatic heterocycles. The summed E-state index contributed by atoms with van der Waals surface area (Å²) < 4.78 is 0. The van der Waals surface area contributed by atoms with E-state index in [0.717, 1.165) is 24.7 Å². The summed E-state index contributed by atoms with van der Waals surface area (Å²) in [6.07, 6.45) is 15.0. The molecule has 3 unspecified atom stereocenters. The largest absolute Gasteiger partial charge is 0.393 e. The second-order valence-electron chi connectivity index (χ2n) is 10.0. The van der Waals surface area contributed by atoms with Crippen LogP contribution in [0.2, 0.25) is 0 Å². The van der Waals surface area contributed by atoms with Gasteiger partial charge in [-0.3, -0.25) is 0 Å². The monoisotopic (exact) mass is 276 g/mol. The second-order valence-corrected chi connectivity index (χ2v) is 10.0. The molecule has 5 aliphatic rings. The Balaban J connectivity index is 1.48. The molecule has 0 heterocycles. The SMILES string of the molecule is CC12CC3CC(C)(C1)CC(CC(O)CC1CCC1)(C3)C2. The summed E-state index contributed by atoms with van der Waals surface area (Å²) in [4.78, 5) is 0. The zero-order valence-corrected chi connectivity index (χ0v) is 13.5. The molecule has 5 fully saturated rings. The summed E-state index contributed by atoms with van der Waals surface area (Å²) in [7, 11) is 0. The van der Waals surface area contributed by atoms with Crippen LogP contribution >= 0.6 is 0 Å². The molecule has 1 heteroatoms. The average molecular weight is 276 g/mol. The van der Waals surface area contributed by atoms with E-state index in [0.29, 0.717) is 16.2 Å². The normalized spacial score (nSPS) is 52.0. The van der Waals surface area contributed by atoms with Crippen molar-refractivity contribution in [1.82, 2.24) is 0 Å². The van der Waals surface area contributed by atoms with E-state index in [1.54, 1.807) is 0 Å². The minimum atomic E-state index is -0.0104. The van der Waals surface area contributed by atoms with Crippen LogP contribution in [0.4, 0.5) is 0 Å². The maximum Gasteiger partial charge on any atom is 0.0548 e. The first-order valence-corrected chi connectivity index (χ1v) is 9.06. The Morgan fingerprint density at radius 3 is 2.15 bits per heavy atom. The first kappa shape index (κ1) is 13.6. The van der Waals surface area contributed by atoms with Crippen molar-refractivity contribution in [3.8, 4) is 0 Å². The Morgan fingerprint density at radius 1 is 1.00 bits per heavy atom. The molecule has 0 radical (unpaired) electrons. The number of hydrogen-bond donors (Lipinski definition) is 1. The first-order valence-electron chi connectivity index (χ1n) is 9.06. The van der Waals surface area contributed by atoms with E-state index < -0.39 is 0 Å². The number of aliphatic hydroxyl groups excluding tert-OH is 1. The third-order valence-electron chi connectivity index (χ3n) is 7.24. The molecule has 1 N–H and O–H groups in total. The van der Waals surface area contributed by atoms with Crippen molar-refractivity contribution in [2.45, 2.75) is 90.6 Å². The van der Waals surface area contributed by atoms with Crippen LogP contribution in [0.15, 0.2) is 0 Å². The van der Waals surface area contributed by atoms with E-state index in [9.17, 15) is 5.11 Å². The van der Waals surface area contributed by atoms with Gasteiger partial charge in [-0.2, -0.15) is 0 Å². The van der Waals surface area contributed by atoms with Crippen LogP contribution in [-0.2, 0) is 0 Å². The lowest BCUT2D eigenvalue weighted by Gasteiger charge is -2.66. The van der Waals surface area contributed by atoms with Gasteiger partial charge < -0.3 is 5.11 Å². The molecule has 114 valence electrons. The molecule has 5 aliphatic carbocycles. The standard InChI is InChI=1S/C19H32O/c1-17-7-15-8-18(2,11-17)13-19(9-15,12-17)10-16(20)6-14-4-3-5-14/h14-16,20H,3-13H2,1-2H3. The van der Waals surface area contributed by atoms with Crippen LogP contribution in [0.5, 0.6) is 0 Å². The summed E-state index contributed by atoms with van der Waals surface area (Å²) in [5.74, 6) is 1.82. The average Bonchev–Trinajstić information content (AvgIpc) is 2.17. The molecule has 3 atom stereocenters. The molecule has 0 aromatic rings. The van der Waals surface area contributed by atoms with Crippen LogP contribution in [0, 0.1) is 28.1 Å². The summed E-state index contributed by atoms with van der Waals surface area (Å²) in [6.45, 7) is 5.09. The van der Waals surface area contributed by atoms with Crippen molar-refractivity contribution in [3.63, 3.8) is 0 Å². The Hall–Kier alpha value is -0.0400. The molecule has 0 aromatic heterocycles. The molecule has 1 nitrogen and oxygen atoms in total. The summed E-state index contributed by atoms with van der Waals surface area (Å²) in [6, 6.07) is 0. The van der Waals surface area contributed by atoms with Crippen molar-refractivity contribution < 1.29 is 5.11 Å². The third-order valence-corrected chi connectivity index (χ3v) is 7.24. The van der Waals surface area contributed by atoms with Crippen molar-refractivity contribution in [2.24, 2.45) is 28.1 Å². The smallest absolute Gasteiger partial charge is 0.0548 e. The van der Waals surface area contributed by atoms with Gasteiger partial charge in [-0.1, -0.05) is 33.1 Å². The highest BCUT2D eigenvalue weighted by atomic mass is 16.3. The van der Waals surface area contributed by atoms with E-state index in [1.165, 1.54) is 57.8 Å². The third kappa shape index (κ3) is 2.25. The summed E-state index contributed by atoms with van der Waals surface area (Å²) in [5.41, 5.74) is 1.71.